The van der Waals surface area contributed by atoms with Crippen molar-refractivity contribution in [1.29, 1.82) is 0 Å². The summed E-state index contributed by atoms with van der Waals surface area (Å²) < 4.78 is 5.68. The van der Waals surface area contributed by atoms with Crippen molar-refractivity contribution < 1.29 is 9.53 Å². The number of benzene rings is 1. The lowest BCUT2D eigenvalue weighted by Crippen LogP contribution is -2.30. The van der Waals surface area contributed by atoms with Gasteiger partial charge in [0.2, 0.25) is 0 Å². The lowest BCUT2D eigenvalue weighted by atomic mass is 9.87. The van der Waals surface area contributed by atoms with E-state index >= 15 is 0 Å². The van der Waals surface area contributed by atoms with Crippen molar-refractivity contribution in [2.24, 2.45) is 0 Å². The summed E-state index contributed by atoms with van der Waals surface area (Å²) in [5, 5.41) is 2.74. The Kier molecular flexibility index (Phi) is 4.89. The summed E-state index contributed by atoms with van der Waals surface area (Å²) in [7, 11) is 0. The van der Waals surface area contributed by atoms with Crippen molar-refractivity contribution in [3.05, 3.63) is 48.2 Å². The molecule has 0 saturated carbocycles. The second-order valence-corrected chi connectivity index (χ2v) is 6.50. The van der Waals surface area contributed by atoms with Crippen molar-refractivity contribution in [2.45, 2.75) is 39.2 Å². The molecule has 1 aromatic heterocycles. The first-order valence-corrected chi connectivity index (χ1v) is 7.55. The molecular weight excluding hydrogens is 290 g/mol. The molecule has 0 aliphatic rings. The highest BCUT2D eigenvalue weighted by molar-refractivity contribution is 5.94. The Morgan fingerprint density at radius 1 is 1.17 bits per heavy atom. The molecule has 1 atom stereocenters. The zero-order chi connectivity index (χ0) is 17.0. The number of amides is 1. The molecular formula is C18H23N3O2. The van der Waals surface area contributed by atoms with Gasteiger partial charge in [-0.2, -0.15) is 0 Å². The number of nitrogen functional groups attached to an aromatic ring is 1. The third kappa shape index (κ3) is 4.71. The molecule has 3 N–H and O–H groups in total. The fraction of sp³-hybridized carbons (Fsp3) is 0.333. The summed E-state index contributed by atoms with van der Waals surface area (Å²) in [4.78, 5) is 16.1. The molecule has 0 aliphatic heterocycles. The van der Waals surface area contributed by atoms with Crippen LogP contribution in [-0.2, 0) is 10.2 Å². The Balaban J connectivity index is 1.96. The Bertz CT molecular complexity index is 658. The first-order valence-electron chi connectivity index (χ1n) is 7.55. The van der Waals surface area contributed by atoms with E-state index in [1.54, 1.807) is 19.1 Å². The first-order chi connectivity index (χ1) is 10.8. The summed E-state index contributed by atoms with van der Waals surface area (Å²) in [6, 6.07) is 11.1. The number of aromatic nitrogens is 1. The molecule has 2 aromatic rings. The van der Waals surface area contributed by atoms with E-state index in [1.807, 2.05) is 24.3 Å². The van der Waals surface area contributed by atoms with Crippen LogP contribution in [0.1, 0.15) is 33.3 Å². The highest BCUT2D eigenvalue weighted by Gasteiger charge is 2.16. The molecule has 1 unspecified atom stereocenters. The molecule has 5 nitrogen and oxygen atoms in total. The van der Waals surface area contributed by atoms with E-state index in [-0.39, 0.29) is 11.3 Å². The zero-order valence-electron chi connectivity index (χ0n) is 14.0. The van der Waals surface area contributed by atoms with Crippen LogP contribution in [0.5, 0.6) is 5.75 Å². The largest absolute Gasteiger partial charge is 0.481 e. The summed E-state index contributed by atoms with van der Waals surface area (Å²) >= 11 is 0. The van der Waals surface area contributed by atoms with Crippen LogP contribution < -0.4 is 15.8 Å². The number of carbonyl (C=O) groups excluding carboxylic acids is 1. The second kappa shape index (κ2) is 6.69. The molecule has 23 heavy (non-hydrogen) atoms. The third-order valence-electron chi connectivity index (χ3n) is 3.46. The SMILES string of the molecule is CC(Oc1ccc(C(C)(C)C)cc1)C(=O)Nc1ccc(N)nc1. The molecule has 1 heterocycles. The molecule has 1 amide bonds. The van der Waals surface area contributed by atoms with Crippen LogP contribution in [0.25, 0.3) is 0 Å². The van der Waals surface area contributed by atoms with Gasteiger partial charge in [-0.25, -0.2) is 4.98 Å². The number of rotatable bonds is 4. The van der Waals surface area contributed by atoms with Crippen LogP contribution in [0.15, 0.2) is 42.6 Å². The van der Waals surface area contributed by atoms with E-state index in [2.05, 4.69) is 31.1 Å². The Hall–Kier alpha value is -2.56. The lowest BCUT2D eigenvalue weighted by Gasteiger charge is -2.20. The molecule has 122 valence electrons. The van der Waals surface area contributed by atoms with Gasteiger partial charge in [-0.3, -0.25) is 4.79 Å². The molecule has 0 bridgehead atoms. The number of hydrogen-bond donors (Lipinski definition) is 2. The van der Waals surface area contributed by atoms with Crippen molar-refractivity contribution in [3.8, 4) is 5.75 Å². The standard InChI is InChI=1S/C18H23N3O2/c1-12(17(22)21-14-7-10-16(19)20-11-14)23-15-8-5-13(6-9-15)18(2,3)4/h5-12H,1-4H3,(H2,19,20)(H,21,22). The normalized spacial score (nSPS) is 12.5. The zero-order valence-corrected chi connectivity index (χ0v) is 14.0. The van der Waals surface area contributed by atoms with E-state index in [9.17, 15) is 4.79 Å². The number of nitrogens with two attached hydrogens (primary N) is 1. The highest BCUT2D eigenvalue weighted by atomic mass is 16.5. The molecule has 0 aliphatic carbocycles. The van der Waals surface area contributed by atoms with Crippen LogP contribution in [0.2, 0.25) is 0 Å². The van der Waals surface area contributed by atoms with Gasteiger partial charge >= 0.3 is 0 Å². The van der Waals surface area contributed by atoms with Gasteiger partial charge in [-0.1, -0.05) is 32.9 Å². The fourth-order valence-electron chi connectivity index (χ4n) is 2.01. The monoisotopic (exact) mass is 313 g/mol. The highest BCUT2D eigenvalue weighted by Crippen LogP contribution is 2.24. The first kappa shape index (κ1) is 16.8. The molecule has 5 heteroatoms. The maximum atomic E-state index is 12.1. The number of carbonyl (C=O) groups is 1. The van der Waals surface area contributed by atoms with E-state index < -0.39 is 6.10 Å². The number of nitrogens with zero attached hydrogens (tertiary/aromatic N) is 1. The van der Waals surface area contributed by atoms with Gasteiger partial charge < -0.3 is 15.8 Å². The maximum absolute atomic E-state index is 12.1. The van der Waals surface area contributed by atoms with Crippen LogP contribution >= 0.6 is 0 Å². The van der Waals surface area contributed by atoms with Crippen LogP contribution in [0, 0.1) is 0 Å². The van der Waals surface area contributed by atoms with E-state index in [4.69, 9.17) is 10.5 Å². The average Bonchev–Trinajstić information content (AvgIpc) is 2.49. The number of ether oxygens (including phenoxy) is 1. The minimum absolute atomic E-state index is 0.0870. The third-order valence-corrected chi connectivity index (χ3v) is 3.46. The van der Waals surface area contributed by atoms with Gasteiger partial charge in [0.05, 0.1) is 11.9 Å². The Labute approximate surface area is 136 Å². The van der Waals surface area contributed by atoms with E-state index in [0.717, 1.165) is 0 Å². The number of pyridine rings is 1. The minimum Gasteiger partial charge on any atom is -0.481 e. The molecule has 1 aromatic carbocycles. The van der Waals surface area contributed by atoms with Gasteiger partial charge in [0.15, 0.2) is 6.10 Å². The van der Waals surface area contributed by atoms with Crippen molar-refractivity contribution in [2.75, 3.05) is 11.1 Å². The second-order valence-electron chi connectivity index (χ2n) is 6.50. The summed E-state index contributed by atoms with van der Waals surface area (Å²) in [5.41, 5.74) is 7.40. The summed E-state index contributed by atoms with van der Waals surface area (Å²) in [6.45, 7) is 8.16. The molecule has 0 saturated heterocycles. The topological polar surface area (TPSA) is 77.2 Å². The lowest BCUT2D eigenvalue weighted by molar-refractivity contribution is -0.122. The van der Waals surface area contributed by atoms with Crippen LogP contribution in [0.4, 0.5) is 11.5 Å². The predicted molar refractivity (Wildman–Crippen MR) is 92.5 cm³/mol. The quantitative estimate of drug-likeness (QED) is 0.907. The number of anilines is 2. The van der Waals surface area contributed by atoms with Gasteiger partial charge in [-0.05, 0) is 42.2 Å². The van der Waals surface area contributed by atoms with Gasteiger partial charge in [0.25, 0.3) is 5.91 Å². The Morgan fingerprint density at radius 3 is 2.35 bits per heavy atom. The van der Waals surface area contributed by atoms with Crippen LogP contribution in [-0.4, -0.2) is 17.0 Å². The molecule has 0 radical (unpaired) electrons. The van der Waals surface area contributed by atoms with Crippen molar-refractivity contribution in [3.63, 3.8) is 0 Å². The van der Waals surface area contributed by atoms with Crippen molar-refractivity contribution in [1.82, 2.24) is 4.98 Å². The van der Waals surface area contributed by atoms with Gasteiger partial charge in [-0.15, -0.1) is 0 Å². The average molecular weight is 313 g/mol. The van der Waals surface area contributed by atoms with Gasteiger partial charge in [0, 0.05) is 0 Å². The Morgan fingerprint density at radius 2 is 1.83 bits per heavy atom. The molecule has 2 rings (SSSR count). The molecule has 0 fully saturated rings. The van der Waals surface area contributed by atoms with E-state index in [1.165, 1.54) is 11.8 Å². The fourth-order valence-corrected chi connectivity index (χ4v) is 2.01. The number of nitrogens with one attached hydrogen (secondary N) is 1. The predicted octanol–water partition coefficient (Wildman–Crippen LogP) is 3.37. The van der Waals surface area contributed by atoms with Crippen molar-refractivity contribution >= 4 is 17.4 Å². The van der Waals surface area contributed by atoms with Crippen LogP contribution in [0.3, 0.4) is 0 Å². The maximum Gasteiger partial charge on any atom is 0.265 e. The smallest absolute Gasteiger partial charge is 0.265 e. The summed E-state index contributed by atoms with van der Waals surface area (Å²) in [6.07, 6.45) is 0.894. The minimum atomic E-state index is -0.618. The summed E-state index contributed by atoms with van der Waals surface area (Å²) in [5.74, 6) is 0.832. The van der Waals surface area contributed by atoms with Gasteiger partial charge in [0.1, 0.15) is 11.6 Å². The molecule has 0 spiro atoms. The van der Waals surface area contributed by atoms with E-state index in [0.29, 0.717) is 17.3 Å². The number of hydrogen-bond acceptors (Lipinski definition) is 4.